The second kappa shape index (κ2) is 10.7. The van der Waals surface area contributed by atoms with Gasteiger partial charge in [-0.1, -0.05) is 31.4 Å². The molecule has 6 nitrogen and oxygen atoms in total. The molecular formula is C24H36N4O2S. The van der Waals surface area contributed by atoms with Gasteiger partial charge in [0.1, 0.15) is 0 Å². The summed E-state index contributed by atoms with van der Waals surface area (Å²) in [5.74, 6) is 2.11. The van der Waals surface area contributed by atoms with Gasteiger partial charge in [0, 0.05) is 55.9 Å². The lowest BCUT2D eigenvalue weighted by molar-refractivity contribution is 0.0857. The third-order valence-electron chi connectivity index (χ3n) is 6.68. The molecule has 170 valence electrons. The van der Waals surface area contributed by atoms with Gasteiger partial charge < -0.3 is 20.3 Å². The average Bonchev–Trinajstić information content (AvgIpc) is 3.32. The molecule has 2 N–H and O–H groups in total. The van der Waals surface area contributed by atoms with E-state index in [4.69, 9.17) is 4.74 Å². The maximum Gasteiger partial charge on any atom is 0.251 e. The molecule has 2 heterocycles. The van der Waals surface area contributed by atoms with Crippen LogP contribution < -0.4 is 10.6 Å². The summed E-state index contributed by atoms with van der Waals surface area (Å²) in [6.07, 6.45) is 9.02. The number of carbonyl (C=O) groups excluding carboxylic acids is 1. The Balaban J connectivity index is 1.31. The number of rotatable bonds is 5. The van der Waals surface area contributed by atoms with Crippen LogP contribution in [0.5, 0.6) is 0 Å². The Kier molecular flexibility index (Phi) is 7.77. The molecule has 1 unspecified atom stereocenters. The molecule has 3 fully saturated rings. The largest absolute Gasteiger partial charge is 0.376 e. The van der Waals surface area contributed by atoms with Crippen molar-refractivity contribution in [3.63, 3.8) is 0 Å². The van der Waals surface area contributed by atoms with Crippen molar-refractivity contribution in [1.82, 2.24) is 15.5 Å². The van der Waals surface area contributed by atoms with Gasteiger partial charge in [0.2, 0.25) is 0 Å². The van der Waals surface area contributed by atoms with Crippen LogP contribution in [0, 0.1) is 0 Å². The zero-order valence-corrected chi connectivity index (χ0v) is 19.5. The van der Waals surface area contributed by atoms with Crippen molar-refractivity contribution in [1.29, 1.82) is 0 Å². The maximum absolute atomic E-state index is 12.5. The zero-order valence-electron chi connectivity index (χ0n) is 18.7. The van der Waals surface area contributed by atoms with Gasteiger partial charge in [-0.3, -0.25) is 9.79 Å². The van der Waals surface area contributed by atoms with Crippen LogP contribution in [0.2, 0.25) is 0 Å². The normalized spacial score (nSPS) is 23.7. The Labute approximate surface area is 190 Å². The van der Waals surface area contributed by atoms with Crippen LogP contribution in [0.1, 0.15) is 60.9 Å². The maximum atomic E-state index is 12.5. The van der Waals surface area contributed by atoms with E-state index in [9.17, 15) is 4.79 Å². The summed E-state index contributed by atoms with van der Waals surface area (Å²) < 4.78 is 6.01. The number of thioether (sulfide) groups is 1. The highest BCUT2D eigenvalue weighted by atomic mass is 32.2. The number of nitrogens with one attached hydrogen (secondary N) is 2. The molecule has 2 saturated heterocycles. The number of nitrogens with zero attached hydrogens (tertiary/aromatic N) is 2. The van der Waals surface area contributed by atoms with Crippen molar-refractivity contribution in [2.24, 2.45) is 4.99 Å². The van der Waals surface area contributed by atoms with Gasteiger partial charge in [-0.15, -0.1) is 0 Å². The molecule has 1 spiro atoms. The molecule has 1 atom stereocenters. The molecule has 2 aliphatic heterocycles. The van der Waals surface area contributed by atoms with E-state index in [2.05, 4.69) is 38.4 Å². The van der Waals surface area contributed by atoms with E-state index in [0.29, 0.717) is 23.4 Å². The van der Waals surface area contributed by atoms with Crippen LogP contribution in [0.4, 0.5) is 0 Å². The molecule has 1 saturated carbocycles. The highest BCUT2D eigenvalue weighted by Crippen LogP contribution is 2.42. The quantitative estimate of drug-likeness (QED) is 0.538. The molecular weight excluding hydrogens is 408 g/mol. The second-order valence-electron chi connectivity index (χ2n) is 8.96. The number of carbonyl (C=O) groups is 1. The van der Waals surface area contributed by atoms with Crippen molar-refractivity contribution in [2.75, 3.05) is 39.0 Å². The summed E-state index contributed by atoms with van der Waals surface area (Å²) in [4.78, 5) is 19.5. The minimum Gasteiger partial charge on any atom is -0.376 e. The number of aliphatic imine (C=N–C) groups is 1. The van der Waals surface area contributed by atoms with E-state index in [1.807, 2.05) is 25.2 Å². The lowest BCUT2D eigenvalue weighted by Gasteiger charge is -2.45. The Hall–Kier alpha value is -1.73. The predicted octanol–water partition coefficient (Wildman–Crippen LogP) is 3.42. The lowest BCUT2D eigenvalue weighted by atomic mass is 9.87. The third kappa shape index (κ3) is 5.95. The molecule has 0 aromatic heterocycles. The second-order valence-corrected chi connectivity index (χ2v) is 10.5. The Morgan fingerprint density at radius 3 is 2.90 bits per heavy atom. The molecule has 0 bridgehead atoms. The topological polar surface area (TPSA) is 66.0 Å². The molecule has 1 aromatic carbocycles. The van der Waals surface area contributed by atoms with Crippen LogP contribution in [-0.2, 0) is 11.3 Å². The van der Waals surface area contributed by atoms with Gasteiger partial charge in [-0.25, -0.2) is 0 Å². The molecule has 7 heteroatoms. The van der Waals surface area contributed by atoms with E-state index in [1.165, 1.54) is 37.9 Å². The van der Waals surface area contributed by atoms with Gasteiger partial charge in [0.05, 0.1) is 6.10 Å². The van der Waals surface area contributed by atoms with Crippen LogP contribution >= 0.6 is 11.8 Å². The molecule has 0 radical (unpaired) electrons. The molecule has 1 aliphatic carbocycles. The Morgan fingerprint density at radius 1 is 1.26 bits per heavy atom. The summed E-state index contributed by atoms with van der Waals surface area (Å²) in [6, 6.07) is 7.86. The first-order valence-electron chi connectivity index (χ1n) is 11.8. The van der Waals surface area contributed by atoms with Crippen LogP contribution in [0.15, 0.2) is 29.3 Å². The average molecular weight is 445 g/mol. The SMILES string of the molecule is CN=C(NCc1cccc(C(=O)NCC2CCCO2)c1)N1CCSC2(CCCCC2)C1. The molecule has 1 aromatic rings. The lowest BCUT2D eigenvalue weighted by Crippen LogP contribution is -2.53. The van der Waals surface area contributed by atoms with Gasteiger partial charge in [-0.05, 0) is 43.4 Å². The van der Waals surface area contributed by atoms with E-state index in [1.54, 1.807) is 0 Å². The van der Waals surface area contributed by atoms with Crippen molar-refractivity contribution in [3.05, 3.63) is 35.4 Å². The van der Waals surface area contributed by atoms with Gasteiger partial charge in [0.25, 0.3) is 5.91 Å². The molecule has 31 heavy (non-hydrogen) atoms. The summed E-state index contributed by atoms with van der Waals surface area (Å²) >= 11 is 2.17. The van der Waals surface area contributed by atoms with Crippen LogP contribution in [0.25, 0.3) is 0 Å². The fourth-order valence-electron chi connectivity index (χ4n) is 4.97. The number of hydrogen-bond donors (Lipinski definition) is 2. The standard InChI is InChI=1S/C24H36N4O2S/c1-25-23(28-12-14-31-24(18-28)10-3-2-4-11-24)27-16-19-7-5-8-20(15-19)22(29)26-17-21-9-6-13-30-21/h5,7-8,15,21H,2-4,6,9-14,16-18H2,1H3,(H,25,27)(H,26,29). The number of hydrogen-bond acceptors (Lipinski definition) is 4. The molecule has 1 amide bonds. The fourth-order valence-corrected chi connectivity index (χ4v) is 6.54. The van der Waals surface area contributed by atoms with E-state index >= 15 is 0 Å². The fraction of sp³-hybridized carbons (Fsp3) is 0.667. The summed E-state index contributed by atoms with van der Waals surface area (Å²) in [5.41, 5.74) is 1.78. The first kappa shape index (κ1) is 22.5. The van der Waals surface area contributed by atoms with Crippen molar-refractivity contribution in [2.45, 2.75) is 62.3 Å². The van der Waals surface area contributed by atoms with Crippen molar-refractivity contribution >= 4 is 23.6 Å². The molecule has 3 aliphatic rings. The van der Waals surface area contributed by atoms with E-state index < -0.39 is 0 Å². The van der Waals surface area contributed by atoms with Crippen LogP contribution in [-0.4, -0.2) is 66.7 Å². The number of amides is 1. The highest BCUT2D eigenvalue weighted by molar-refractivity contribution is 8.00. The summed E-state index contributed by atoms with van der Waals surface area (Å²) in [5, 5.41) is 6.55. The van der Waals surface area contributed by atoms with Gasteiger partial charge in [-0.2, -0.15) is 11.8 Å². The third-order valence-corrected chi connectivity index (χ3v) is 8.22. The highest BCUT2D eigenvalue weighted by Gasteiger charge is 2.38. The zero-order chi connectivity index (χ0) is 21.5. The monoisotopic (exact) mass is 444 g/mol. The van der Waals surface area contributed by atoms with Gasteiger partial charge >= 0.3 is 0 Å². The van der Waals surface area contributed by atoms with E-state index in [-0.39, 0.29) is 12.0 Å². The van der Waals surface area contributed by atoms with Crippen LogP contribution in [0.3, 0.4) is 0 Å². The number of benzene rings is 1. The summed E-state index contributed by atoms with van der Waals surface area (Å²) in [7, 11) is 1.87. The Morgan fingerprint density at radius 2 is 2.13 bits per heavy atom. The minimum absolute atomic E-state index is 0.0333. The molecule has 4 rings (SSSR count). The van der Waals surface area contributed by atoms with E-state index in [0.717, 1.165) is 44.1 Å². The minimum atomic E-state index is -0.0333. The Bertz CT molecular complexity index is 767. The van der Waals surface area contributed by atoms with Crippen molar-refractivity contribution in [3.8, 4) is 0 Å². The first-order valence-corrected chi connectivity index (χ1v) is 12.7. The predicted molar refractivity (Wildman–Crippen MR) is 128 cm³/mol. The smallest absolute Gasteiger partial charge is 0.251 e. The number of guanidine groups is 1. The van der Waals surface area contributed by atoms with Crippen molar-refractivity contribution < 1.29 is 9.53 Å². The first-order chi connectivity index (χ1) is 15.2. The summed E-state index contributed by atoms with van der Waals surface area (Å²) in [6.45, 7) is 4.18. The van der Waals surface area contributed by atoms with Gasteiger partial charge in [0.15, 0.2) is 5.96 Å². The number of ether oxygens (including phenoxy) is 1.